The Balaban J connectivity index is 2.52. The highest BCUT2D eigenvalue weighted by molar-refractivity contribution is 6.00. The molecular formula is C10H9N. The van der Waals surface area contributed by atoms with Crippen LogP contribution in [0.4, 0.5) is 0 Å². The van der Waals surface area contributed by atoms with Crippen molar-refractivity contribution in [2.45, 2.75) is 6.92 Å². The minimum atomic E-state index is 0.414. The van der Waals surface area contributed by atoms with Crippen LogP contribution in [0, 0.1) is 5.92 Å². The summed E-state index contributed by atoms with van der Waals surface area (Å²) < 4.78 is 0. The Morgan fingerprint density at radius 2 is 2.36 bits per heavy atom. The molecule has 0 fully saturated rings. The maximum atomic E-state index is 4.20. The highest BCUT2D eigenvalue weighted by Crippen LogP contribution is 2.21. The Hall–Kier alpha value is -1.33. The molecule has 0 saturated carbocycles. The van der Waals surface area contributed by atoms with E-state index in [1.54, 1.807) is 0 Å². The largest absolute Gasteiger partial charge is 0.261 e. The first-order valence-corrected chi connectivity index (χ1v) is 3.73. The van der Waals surface area contributed by atoms with Crippen LogP contribution in [0.1, 0.15) is 6.92 Å². The van der Waals surface area contributed by atoms with E-state index in [0.29, 0.717) is 5.92 Å². The fourth-order valence-electron chi connectivity index (χ4n) is 1.33. The van der Waals surface area contributed by atoms with E-state index in [4.69, 9.17) is 0 Å². The number of nitrogens with zero attached hydrogens (tertiary/aromatic N) is 1. The molecular weight excluding hydrogens is 134 g/mol. The van der Waals surface area contributed by atoms with Gasteiger partial charge < -0.3 is 0 Å². The van der Waals surface area contributed by atoms with E-state index in [2.05, 4.69) is 22.9 Å². The van der Waals surface area contributed by atoms with Gasteiger partial charge in [-0.25, -0.2) is 0 Å². The van der Waals surface area contributed by atoms with Crippen LogP contribution in [0.15, 0.2) is 46.8 Å². The molecule has 1 unspecified atom stereocenters. The van der Waals surface area contributed by atoms with Gasteiger partial charge in [0.2, 0.25) is 0 Å². The smallest absolute Gasteiger partial charge is 0.0490 e. The Bertz CT molecular complexity index is 323. The van der Waals surface area contributed by atoms with E-state index in [0.717, 1.165) is 5.71 Å². The molecule has 0 bridgehead atoms. The number of hydrogen-bond donors (Lipinski definition) is 0. The van der Waals surface area contributed by atoms with E-state index < -0.39 is 0 Å². The molecule has 1 heteroatoms. The first kappa shape index (κ1) is 6.38. The monoisotopic (exact) mass is 143 g/mol. The van der Waals surface area contributed by atoms with Crippen molar-refractivity contribution in [3.05, 3.63) is 41.8 Å². The molecule has 0 amide bonds. The number of allylic oxidation sites excluding steroid dienone is 4. The minimum absolute atomic E-state index is 0.414. The first-order chi connectivity index (χ1) is 5.38. The molecule has 1 heterocycles. The van der Waals surface area contributed by atoms with E-state index in [-0.39, 0.29) is 0 Å². The van der Waals surface area contributed by atoms with Gasteiger partial charge in [0.15, 0.2) is 0 Å². The maximum absolute atomic E-state index is 4.20. The van der Waals surface area contributed by atoms with E-state index in [1.165, 1.54) is 5.57 Å². The molecule has 0 saturated heterocycles. The number of fused-ring (bicyclic) bond motifs is 1. The standard InChI is InChI=1S/C10H9N/c1-8-10-5-3-2-4-9(10)6-7-11-8/h2-4,6-7,9H,1H3. The van der Waals surface area contributed by atoms with Crippen LogP contribution in [0.3, 0.4) is 0 Å². The Labute approximate surface area is 66.1 Å². The molecule has 54 valence electrons. The van der Waals surface area contributed by atoms with Crippen molar-refractivity contribution in [2.24, 2.45) is 10.9 Å². The van der Waals surface area contributed by atoms with Crippen LogP contribution in [-0.2, 0) is 0 Å². The summed E-state index contributed by atoms with van der Waals surface area (Å²) in [6, 6.07) is 0. The third kappa shape index (κ3) is 0.997. The second-order valence-corrected chi connectivity index (χ2v) is 2.69. The molecule has 1 aliphatic carbocycles. The zero-order chi connectivity index (χ0) is 7.68. The van der Waals surface area contributed by atoms with Gasteiger partial charge in [-0.3, -0.25) is 4.99 Å². The summed E-state index contributed by atoms with van der Waals surface area (Å²) in [6.45, 7) is 2.02. The zero-order valence-corrected chi connectivity index (χ0v) is 6.41. The molecule has 11 heavy (non-hydrogen) atoms. The zero-order valence-electron chi connectivity index (χ0n) is 6.41. The average molecular weight is 143 g/mol. The van der Waals surface area contributed by atoms with Gasteiger partial charge in [0.1, 0.15) is 0 Å². The lowest BCUT2D eigenvalue weighted by Gasteiger charge is -2.15. The predicted octanol–water partition coefficient (Wildman–Crippen LogP) is 2.24. The van der Waals surface area contributed by atoms with E-state index >= 15 is 0 Å². The molecule has 2 aliphatic rings. The fourth-order valence-corrected chi connectivity index (χ4v) is 1.33. The van der Waals surface area contributed by atoms with Crippen molar-refractivity contribution in [3.63, 3.8) is 0 Å². The van der Waals surface area contributed by atoms with Crippen molar-refractivity contribution < 1.29 is 0 Å². The summed E-state index contributed by atoms with van der Waals surface area (Å²) in [7, 11) is 0. The summed E-state index contributed by atoms with van der Waals surface area (Å²) in [4.78, 5) is 4.20. The first-order valence-electron chi connectivity index (χ1n) is 3.73. The van der Waals surface area contributed by atoms with Gasteiger partial charge >= 0.3 is 0 Å². The molecule has 0 aromatic heterocycles. The number of rotatable bonds is 0. The second kappa shape index (κ2) is 2.37. The van der Waals surface area contributed by atoms with Gasteiger partial charge in [-0.15, -0.1) is 5.73 Å². The summed E-state index contributed by atoms with van der Waals surface area (Å²) in [5.41, 5.74) is 5.48. The highest BCUT2D eigenvalue weighted by Gasteiger charge is 2.14. The van der Waals surface area contributed by atoms with E-state index in [1.807, 2.05) is 25.3 Å². The third-order valence-corrected chi connectivity index (χ3v) is 1.94. The van der Waals surface area contributed by atoms with Crippen molar-refractivity contribution in [2.75, 3.05) is 0 Å². The molecule has 0 aromatic carbocycles. The van der Waals surface area contributed by atoms with Crippen LogP contribution < -0.4 is 0 Å². The summed E-state index contributed by atoms with van der Waals surface area (Å²) >= 11 is 0. The molecule has 0 N–H and O–H groups in total. The van der Waals surface area contributed by atoms with Crippen molar-refractivity contribution in [1.82, 2.24) is 0 Å². The maximum Gasteiger partial charge on any atom is 0.0490 e. The third-order valence-electron chi connectivity index (χ3n) is 1.94. The lowest BCUT2D eigenvalue weighted by Crippen LogP contribution is -2.09. The van der Waals surface area contributed by atoms with Crippen molar-refractivity contribution in [3.8, 4) is 0 Å². The van der Waals surface area contributed by atoms with Crippen LogP contribution >= 0.6 is 0 Å². The topological polar surface area (TPSA) is 12.4 Å². The Morgan fingerprint density at radius 3 is 3.18 bits per heavy atom. The predicted molar refractivity (Wildman–Crippen MR) is 46.5 cm³/mol. The lowest BCUT2D eigenvalue weighted by molar-refractivity contribution is 0.992. The number of hydrogen-bond acceptors (Lipinski definition) is 1. The van der Waals surface area contributed by atoms with Gasteiger partial charge in [-0.05, 0) is 13.0 Å². The van der Waals surface area contributed by atoms with Crippen molar-refractivity contribution >= 4 is 5.71 Å². The molecule has 0 spiro atoms. The van der Waals surface area contributed by atoms with Gasteiger partial charge in [-0.1, -0.05) is 18.2 Å². The molecule has 2 rings (SSSR count). The van der Waals surface area contributed by atoms with Crippen LogP contribution in [-0.4, -0.2) is 5.71 Å². The van der Waals surface area contributed by atoms with Gasteiger partial charge in [0, 0.05) is 23.4 Å². The average Bonchev–Trinajstić information content (AvgIpc) is 2.06. The normalized spacial score (nSPS) is 26.1. The Kier molecular flexibility index (Phi) is 1.38. The SMILES string of the molecule is CC1=NC=CC2C=CC=C=C12. The second-order valence-electron chi connectivity index (χ2n) is 2.69. The highest BCUT2D eigenvalue weighted by atomic mass is 14.7. The van der Waals surface area contributed by atoms with Gasteiger partial charge in [-0.2, -0.15) is 0 Å². The van der Waals surface area contributed by atoms with Crippen molar-refractivity contribution in [1.29, 1.82) is 0 Å². The van der Waals surface area contributed by atoms with Gasteiger partial charge in [0.25, 0.3) is 0 Å². The molecule has 0 radical (unpaired) electrons. The number of aliphatic imine (C=N–C) groups is 1. The molecule has 1 nitrogen and oxygen atoms in total. The quantitative estimate of drug-likeness (QED) is 0.461. The molecule has 1 aliphatic heterocycles. The molecule has 0 aromatic rings. The van der Waals surface area contributed by atoms with E-state index in [9.17, 15) is 0 Å². The minimum Gasteiger partial charge on any atom is -0.261 e. The summed E-state index contributed by atoms with van der Waals surface area (Å²) in [6.07, 6.45) is 10.1. The van der Waals surface area contributed by atoms with Crippen LogP contribution in [0.5, 0.6) is 0 Å². The summed E-state index contributed by atoms with van der Waals surface area (Å²) in [5, 5.41) is 0. The van der Waals surface area contributed by atoms with Gasteiger partial charge in [0.05, 0.1) is 0 Å². The summed E-state index contributed by atoms with van der Waals surface area (Å²) in [5.74, 6) is 0.414. The Morgan fingerprint density at radius 1 is 1.45 bits per heavy atom. The van der Waals surface area contributed by atoms with Crippen LogP contribution in [0.2, 0.25) is 0 Å². The molecule has 1 atom stereocenters. The van der Waals surface area contributed by atoms with Crippen LogP contribution in [0.25, 0.3) is 0 Å². The lowest BCUT2D eigenvalue weighted by atomic mass is 9.92. The fraction of sp³-hybridized carbons (Fsp3) is 0.200.